The highest BCUT2D eigenvalue weighted by Crippen LogP contribution is 2.44. The van der Waals surface area contributed by atoms with Gasteiger partial charge in [-0.25, -0.2) is 4.57 Å². The van der Waals surface area contributed by atoms with Crippen LogP contribution < -0.4 is 4.57 Å². The van der Waals surface area contributed by atoms with E-state index in [0.29, 0.717) is 0 Å². The molecule has 41 heavy (non-hydrogen) atoms. The first-order valence-electron chi connectivity index (χ1n) is 15.6. The molecule has 0 amide bonds. The normalized spacial score (nSPS) is 15.3. The van der Waals surface area contributed by atoms with E-state index < -0.39 is 0 Å². The van der Waals surface area contributed by atoms with E-state index in [2.05, 4.69) is 111 Å². The van der Waals surface area contributed by atoms with Gasteiger partial charge >= 0.3 is 0 Å². The SMILES string of the molecule is Cc1c2cc(CC(C)(C)C)ccc2c(C)c2c1c1c3c(ccc4c5cc(CC6CCCC6)ccc5n2c43)cc[n+]1C. The number of nitrogens with zero attached hydrogens (tertiary/aromatic N) is 2. The number of fused-ring (bicyclic) bond motifs is 7. The first kappa shape index (κ1) is 25.1. The molecule has 3 heterocycles. The molecule has 0 N–H and O–H groups in total. The van der Waals surface area contributed by atoms with Crippen molar-refractivity contribution in [3.8, 4) is 0 Å². The highest BCUT2D eigenvalue weighted by Gasteiger charge is 2.27. The average Bonchev–Trinajstić information content (AvgIpc) is 3.56. The molecule has 4 aromatic carbocycles. The van der Waals surface area contributed by atoms with Gasteiger partial charge in [-0.15, -0.1) is 0 Å². The second-order valence-corrected chi connectivity index (χ2v) is 14.3. The first-order valence-corrected chi connectivity index (χ1v) is 15.6. The third kappa shape index (κ3) is 3.65. The Morgan fingerprint density at radius 3 is 2.27 bits per heavy atom. The summed E-state index contributed by atoms with van der Waals surface area (Å²) in [6.07, 6.45) is 10.1. The second-order valence-electron chi connectivity index (χ2n) is 14.3. The van der Waals surface area contributed by atoms with E-state index in [1.54, 1.807) is 0 Å². The van der Waals surface area contributed by atoms with E-state index in [1.807, 2.05) is 0 Å². The lowest BCUT2D eigenvalue weighted by Gasteiger charge is -2.20. The third-order valence-electron chi connectivity index (χ3n) is 10.1. The largest absolute Gasteiger partial charge is 0.307 e. The first-order chi connectivity index (χ1) is 19.7. The maximum atomic E-state index is 2.62. The van der Waals surface area contributed by atoms with Crippen molar-refractivity contribution < 1.29 is 4.57 Å². The van der Waals surface area contributed by atoms with E-state index in [0.717, 1.165) is 12.3 Å². The van der Waals surface area contributed by atoms with Crippen molar-refractivity contribution in [1.29, 1.82) is 0 Å². The smallest absolute Gasteiger partial charge is 0.224 e. The molecule has 1 aliphatic carbocycles. The molecule has 1 fully saturated rings. The van der Waals surface area contributed by atoms with Crippen molar-refractivity contribution in [3.63, 3.8) is 0 Å². The lowest BCUT2D eigenvalue weighted by atomic mass is 9.86. The molecular formula is C39H41N2+. The van der Waals surface area contributed by atoms with Gasteiger partial charge in [0.05, 0.1) is 27.3 Å². The minimum atomic E-state index is 0.258. The topological polar surface area (TPSA) is 8.29 Å². The van der Waals surface area contributed by atoms with Gasteiger partial charge in [0.2, 0.25) is 5.52 Å². The van der Waals surface area contributed by atoms with Crippen molar-refractivity contribution >= 4 is 59.8 Å². The van der Waals surface area contributed by atoms with Crippen LogP contribution in [-0.4, -0.2) is 4.40 Å². The molecule has 206 valence electrons. The van der Waals surface area contributed by atoms with Crippen LogP contribution in [0.4, 0.5) is 0 Å². The molecule has 8 rings (SSSR count). The fourth-order valence-corrected chi connectivity index (χ4v) is 8.36. The molecule has 3 aromatic heterocycles. The molecule has 0 atom stereocenters. The van der Waals surface area contributed by atoms with Crippen molar-refractivity contribution in [2.45, 2.75) is 73.1 Å². The van der Waals surface area contributed by atoms with E-state index >= 15 is 0 Å². The van der Waals surface area contributed by atoms with Crippen molar-refractivity contribution in [1.82, 2.24) is 4.40 Å². The zero-order valence-electron chi connectivity index (χ0n) is 25.5. The molecule has 0 saturated heterocycles. The van der Waals surface area contributed by atoms with E-state index in [4.69, 9.17) is 0 Å². The predicted octanol–water partition coefficient (Wildman–Crippen LogP) is 9.91. The number of hydrogen-bond donors (Lipinski definition) is 0. The lowest BCUT2D eigenvalue weighted by Crippen LogP contribution is -2.29. The van der Waals surface area contributed by atoms with Crippen LogP contribution in [0, 0.1) is 25.2 Å². The molecule has 0 unspecified atom stereocenters. The molecule has 0 radical (unpaired) electrons. The van der Waals surface area contributed by atoms with E-state index in [1.165, 1.54) is 114 Å². The summed E-state index contributed by atoms with van der Waals surface area (Å²) in [5, 5.41) is 9.67. The van der Waals surface area contributed by atoms with E-state index in [-0.39, 0.29) is 5.41 Å². The number of aromatic nitrogens is 2. The quantitative estimate of drug-likeness (QED) is 0.120. The van der Waals surface area contributed by atoms with Crippen molar-refractivity contribution in [2.24, 2.45) is 18.4 Å². The molecule has 0 aliphatic heterocycles. The standard InChI is InChI=1S/C39H41N2/c1-23-31-21-27(22-39(3,4)5)11-14-29(31)24(2)36-34(23)38-35-28(17-18-40(38)6)13-15-30-32-20-26(19-25-9-7-8-10-25)12-16-33(32)41(36)37(30)35/h11-18,20-21,25H,7-10,19,22H2,1-6H3/q+1. The monoisotopic (exact) mass is 537 g/mol. The summed E-state index contributed by atoms with van der Waals surface area (Å²) in [5.41, 5.74) is 11.4. The van der Waals surface area contributed by atoms with Crippen LogP contribution in [0.3, 0.4) is 0 Å². The van der Waals surface area contributed by atoms with Crippen LogP contribution in [0.25, 0.3) is 59.8 Å². The number of pyridine rings is 2. The number of hydrogen-bond acceptors (Lipinski definition) is 0. The van der Waals surface area contributed by atoms with Crippen LogP contribution in [0.5, 0.6) is 0 Å². The van der Waals surface area contributed by atoms with Gasteiger partial charge in [0.15, 0.2) is 6.20 Å². The Morgan fingerprint density at radius 1 is 0.756 bits per heavy atom. The summed E-state index contributed by atoms with van der Waals surface area (Å²) in [6, 6.07) is 21.6. The number of aryl methyl sites for hydroxylation is 3. The highest BCUT2D eigenvalue weighted by atomic mass is 15.0. The molecule has 7 aromatic rings. The zero-order chi connectivity index (χ0) is 28.2. The number of benzene rings is 4. The van der Waals surface area contributed by atoms with Gasteiger partial charge in [-0.3, -0.25) is 0 Å². The average molecular weight is 538 g/mol. The Bertz CT molecular complexity index is 2160. The fourth-order valence-electron chi connectivity index (χ4n) is 8.36. The maximum absolute atomic E-state index is 2.62. The van der Waals surface area contributed by atoms with Crippen molar-refractivity contribution in [2.75, 3.05) is 0 Å². The van der Waals surface area contributed by atoms with Crippen LogP contribution in [0.2, 0.25) is 0 Å². The molecule has 2 heteroatoms. The zero-order valence-corrected chi connectivity index (χ0v) is 25.5. The molecular weight excluding hydrogens is 496 g/mol. The Kier molecular flexibility index (Phi) is 5.31. The van der Waals surface area contributed by atoms with E-state index in [9.17, 15) is 0 Å². The molecule has 1 aliphatic rings. The summed E-state index contributed by atoms with van der Waals surface area (Å²) in [7, 11) is 2.23. The summed E-state index contributed by atoms with van der Waals surface area (Å²) < 4.78 is 4.99. The van der Waals surface area contributed by atoms with Gasteiger partial charge in [0.25, 0.3) is 0 Å². The minimum absolute atomic E-state index is 0.258. The van der Waals surface area contributed by atoms with Gasteiger partial charge in [-0.1, -0.05) is 82.9 Å². The fraction of sp³-hybridized carbons (Fsp3) is 0.359. The van der Waals surface area contributed by atoms with Crippen LogP contribution in [0.15, 0.2) is 60.8 Å². The van der Waals surface area contributed by atoms with Gasteiger partial charge in [0.1, 0.15) is 7.05 Å². The van der Waals surface area contributed by atoms with Gasteiger partial charge in [0, 0.05) is 16.8 Å². The highest BCUT2D eigenvalue weighted by molar-refractivity contribution is 6.28. The van der Waals surface area contributed by atoms with Crippen LogP contribution in [0.1, 0.15) is 68.7 Å². The molecule has 1 saturated carbocycles. The molecule has 0 bridgehead atoms. The Hall–Kier alpha value is -3.65. The summed E-state index contributed by atoms with van der Waals surface area (Å²) in [5.74, 6) is 0.850. The number of rotatable bonds is 3. The summed E-state index contributed by atoms with van der Waals surface area (Å²) in [6.45, 7) is 11.7. The molecule has 2 nitrogen and oxygen atoms in total. The maximum Gasteiger partial charge on any atom is 0.224 e. The summed E-state index contributed by atoms with van der Waals surface area (Å²) >= 11 is 0. The van der Waals surface area contributed by atoms with Crippen LogP contribution >= 0.6 is 0 Å². The second kappa shape index (κ2) is 8.68. The van der Waals surface area contributed by atoms with Gasteiger partial charge in [-0.05, 0) is 88.6 Å². The molecule has 0 spiro atoms. The minimum Gasteiger partial charge on any atom is -0.307 e. The Balaban J connectivity index is 1.54. The Morgan fingerprint density at radius 2 is 1.49 bits per heavy atom. The van der Waals surface area contributed by atoms with Crippen LogP contribution in [-0.2, 0) is 19.9 Å². The lowest BCUT2D eigenvalue weighted by molar-refractivity contribution is -0.643. The van der Waals surface area contributed by atoms with Gasteiger partial charge in [-0.2, -0.15) is 0 Å². The summed E-state index contributed by atoms with van der Waals surface area (Å²) in [4.78, 5) is 0. The Labute approximate surface area is 242 Å². The third-order valence-corrected chi connectivity index (χ3v) is 10.1. The predicted molar refractivity (Wildman–Crippen MR) is 176 cm³/mol. The van der Waals surface area contributed by atoms with Gasteiger partial charge < -0.3 is 4.40 Å². The van der Waals surface area contributed by atoms with Crippen molar-refractivity contribution in [3.05, 3.63) is 83.0 Å².